The number of fused-ring (bicyclic) bond motifs is 1. The molecule has 0 radical (unpaired) electrons. The zero-order valence-corrected chi connectivity index (χ0v) is 12.8. The van der Waals surface area contributed by atoms with Crippen LogP contribution in [-0.2, 0) is 6.54 Å². The third-order valence-corrected chi connectivity index (χ3v) is 3.83. The van der Waals surface area contributed by atoms with Crippen LogP contribution >= 0.6 is 23.2 Å². The first-order chi connectivity index (χ1) is 10.2. The molecule has 2 heterocycles. The van der Waals surface area contributed by atoms with E-state index in [2.05, 4.69) is 25.6 Å². The number of rotatable bonds is 4. The van der Waals surface area contributed by atoms with Crippen molar-refractivity contribution in [1.82, 2.24) is 15.0 Å². The molecular formula is C14H13Cl2N5. The normalized spacial score (nSPS) is 10.8. The van der Waals surface area contributed by atoms with Crippen molar-refractivity contribution in [3.8, 4) is 0 Å². The van der Waals surface area contributed by atoms with Crippen LogP contribution in [0.25, 0.3) is 11.0 Å². The van der Waals surface area contributed by atoms with Crippen molar-refractivity contribution in [2.75, 3.05) is 17.7 Å². The number of aromatic nitrogens is 3. The maximum absolute atomic E-state index is 6.17. The molecule has 0 saturated heterocycles. The molecule has 0 aliphatic rings. The summed E-state index contributed by atoms with van der Waals surface area (Å²) in [5.74, 6) is 1.25. The van der Waals surface area contributed by atoms with E-state index in [9.17, 15) is 0 Å². The van der Waals surface area contributed by atoms with E-state index in [0.717, 1.165) is 16.6 Å². The van der Waals surface area contributed by atoms with Crippen LogP contribution in [0.1, 0.15) is 5.56 Å². The SMILES string of the molecule is CNc1nc(NCc2c(Cl)cccc2Cl)c2[nH]ccc2n1. The highest BCUT2D eigenvalue weighted by molar-refractivity contribution is 6.36. The molecule has 7 heteroatoms. The Bertz CT molecular complexity index is 764. The highest BCUT2D eigenvalue weighted by Crippen LogP contribution is 2.26. The largest absolute Gasteiger partial charge is 0.364 e. The van der Waals surface area contributed by atoms with Gasteiger partial charge in [0.15, 0.2) is 5.82 Å². The monoisotopic (exact) mass is 321 g/mol. The smallest absolute Gasteiger partial charge is 0.225 e. The number of aromatic amines is 1. The van der Waals surface area contributed by atoms with Gasteiger partial charge in [-0.05, 0) is 18.2 Å². The number of nitrogens with one attached hydrogen (secondary N) is 3. The summed E-state index contributed by atoms with van der Waals surface area (Å²) < 4.78 is 0. The molecule has 0 aliphatic carbocycles. The standard InChI is InChI=1S/C14H13Cl2N5/c1-17-14-20-11-5-6-18-12(11)13(21-14)19-7-8-9(15)3-2-4-10(8)16/h2-6,18H,7H2,1H3,(H2,17,19,20,21). The van der Waals surface area contributed by atoms with Gasteiger partial charge < -0.3 is 15.6 Å². The lowest BCUT2D eigenvalue weighted by Crippen LogP contribution is -2.06. The molecule has 3 rings (SSSR count). The fraction of sp³-hybridized carbons (Fsp3) is 0.143. The van der Waals surface area contributed by atoms with Gasteiger partial charge in [0.05, 0.1) is 5.52 Å². The van der Waals surface area contributed by atoms with Gasteiger partial charge in [-0.1, -0.05) is 29.3 Å². The molecule has 0 saturated carbocycles. The lowest BCUT2D eigenvalue weighted by Gasteiger charge is -2.11. The van der Waals surface area contributed by atoms with Gasteiger partial charge in [-0.3, -0.25) is 0 Å². The van der Waals surface area contributed by atoms with E-state index in [4.69, 9.17) is 23.2 Å². The minimum Gasteiger partial charge on any atom is -0.364 e. The van der Waals surface area contributed by atoms with Crippen LogP contribution in [-0.4, -0.2) is 22.0 Å². The third-order valence-electron chi connectivity index (χ3n) is 3.12. The second-order valence-corrected chi connectivity index (χ2v) is 5.25. The van der Waals surface area contributed by atoms with Crippen molar-refractivity contribution < 1.29 is 0 Å². The molecule has 0 unspecified atom stereocenters. The van der Waals surface area contributed by atoms with Gasteiger partial charge >= 0.3 is 0 Å². The summed E-state index contributed by atoms with van der Waals surface area (Å²) in [5, 5.41) is 7.45. The molecule has 1 aromatic carbocycles. The van der Waals surface area contributed by atoms with Crippen molar-refractivity contribution >= 4 is 46.0 Å². The van der Waals surface area contributed by atoms with Crippen LogP contribution in [0.15, 0.2) is 30.5 Å². The van der Waals surface area contributed by atoms with Gasteiger partial charge in [0, 0.05) is 35.4 Å². The van der Waals surface area contributed by atoms with Crippen LogP contribution in [0.3, 0.4) is 0 Å². The second-order valence-electron chi connectivity index (χ2n) is 4.44. The Hall–Kier alpha value is -1.98. The zero-order chi connectivity index (χ0) is 14.8. The van der Waals surface area contributed by atoms with Crippen LogP contribution < -0.4 is 10.6 Å². The number of halogens is 2. The summed E-state index contributed by atoms with van der Waals surface area (Å²) in [5.41, 5.74) is 2.52. The Morgan fingerprint density at radius 2 is 1.90 bits per heavy atom. The molecule has 3 N–H and O–H groups in total. The molecule has 0 bridgehead atoms. The lowest BCUT2D eigenvalue weighted by atomic mass is 10.2. The van der Waals surface area contributed by atoms with E-state index in [0.29, 0.717) is 28.4 Å². The number of benzene rings is 1. The predicted molar refractivity (Wildman–Crippen MR) is 87.2 cm³/mol. The van der Waals surface area contributed by atoms with E-state index in [-0.39, 0.29) is 0 Å². The molecule has 0 atom stereocenters. The first kappa shape index (κ1) is 14.0. The average Bonchev–Trinajstić information content (AvgIpc) is 2.94. The van der Waals surface area contributed by atoms with Gasteiger partial charge in [0.2, 0.25) is 5.95 Å². The average molecular weight is 322 g/mol. The molecule has 2 aromatic heterocycles. The summed E-state index contributed by atoms with van der Waals surface area (Å²) >= 11 is 12.3. The molecule has 0 spiro atoms. The molecule has 0 fully saturated rings. The molecule has 3 aromatic rings. The Morgan fingerprint density at radius 3 is 2.62 bits per heavy atom. The number of hydrogen-bond acceptors (Lipinski definition) is 4. The van der Waals surface area contributed by atoms with Gasteiger partial charge in [-0.25, -0.2) is 4.98 Å². The fourth-order valence-electron chi connectivity index (χ4n) is 2.06. The molecule has 108 valence electrons. The summed E-state index contributed by atoms with van der Waals surface area (Å²) in [6.45, 7) is 0.479. The number of nitrogens with zero attached hydrogens (tertiary/aromatic N) is 2. The van der Waals surface area contributed by atoms with Crippen molar-refractivity contribution in [2.24, 2.45) is 0 Å². The van der Waals surface area contributed by atoms with Crippen LogP contribution in [0, 0.1) is 0 Å². The van der Waals surface area contributed by atoms with Gasteiger partial charge in [-0.2, -0.15) is 4.98 Å². The second kappa shape index (κ2) is 5.79. The van der Waals surface area contributed by atoms with Crippen LogP contribution in [0.2, 0.25) is 10.0 Å². The summed E-state index contributed by atoms with van der Waals surface area (Å²) in [4.78, 5) is 11.9. The summed E-state index contributed by atoms with van der Waals surface area (Å²) in [6, 6.07) is 7.34. The Morgan fingerprint density at radius 1 is 1.14 bits per heavy atom. The molecule has 5 nitrogen and oxygen atoms in total. The number of hydrogen-bond donors (Lipinski definition) is 3. The highest BCUT2D eigenvalue weighted by atomic mass is 35.5. The summed E-state index contributed by atoms with van der Waals surface area (Å²) in [6.07, 6.45) is 1.83. The Balaban J connectivity index is 1.93. The van der Waals surface area contributed by atoms with Gasteiger partial charge in [0.1, 0.15) is 5.52 Å². The quantitative estimate of drug-likeness (QED) is 0.681. The third kappa shape index (κ3) is 2.75. The molecule has 21 heavy (non-hydrogen) atoms. The first-order valence-electron chi connectivity index (χ1n) is 6.38. The summed E-state index contributed by atoms with van der Waals surface area (Å²) in [7, 11) is 1.78. The van der Waals surface area contributed by atoms with E-state index < -0.39 is 0 Å². The van der Waals surface area contributed by atoms with Gasteiger partial charge in [-0.15, -0.1) is 0 Å². The minimum absolute atomic E-state index is 0.479. The Kier molecular flexibility index (Phi) is 3.86. The van der Waals surface area contributed by atoms with E-state index in [1.165, 1.54) is 0 Å². The van der Waals surface area contributed by atoms with Crippen molar-refractivity contribution in [3.05, 3.63) is 46.1 Å². The van der Waals surface area contributed by atoms with Crippen molar-refractivity contribution in [2.45, 2.75) is 6.54 Å². The van der Waals surface area contributed by atoms with E-state index >= 15 is 0 Å². The number of anilines is 2. The fourth-order valence-corrected chi connectivity index (χ4v) is 2.59. The van der Waals surface area contributed by atoms with Crippen LogP contribution in [0.5, 0.6) is 0 Å². The number of H-pyrrole nitrogens is 1. The molecule has 0 aliphatic heterocycles. The van der Waals surface area contributed by atoms with E-state index in [1.54, 1.807) is 7.05 Å². The Labute approximate surface area is 131 Å². The molecular weight excluding hydrogens is 309 g/mol. The maximum Gasteiger partial charge on any atom is 0.225 e. The molecule has 0 amide bonds. The predicted octanol–water partition coefficient (Wildman–Crippen LogP) is 3.92. The highest BCUT2D eigenvalue weighted by Gasteiger charge is 2.10. The first-order valence-corrected chi connectivity index (χ1v) is 7.14. The van der Waals surface area contributed by atoms with E-state index in [1.807, 2.05) is 30.5 Å². The van der Waals surface area contributed by atoms with Crippen molar-refractivity contribution in [1.29, 1.82) is 0 Å². The van der Waals surface area contributed by atoms with Crippen LogP contribution in [0.4, 0.5) is 11.8 Å². The lowest BCUT2D eigenvalue weighted by molar-refractivity contribution is 1.10. The zero-order valence-electron chi connectivity index (χ0n) is 11.2. The maximum atomic E-state index is 6.17. The minimum atomic E-state index is 0.479. The van der Waals surface area contributed by atoms with Gasteiger partial charge in [0.25, 0.3) is 0 Å². The topological polar surface area (TPSA) is 65.6 Å². The van der Waals surface area contributed by atoms with Crippen molar-refractivity contribution in [3.63, 3.8) is 0 Å².